The second-order valence-corrected chi connectivity index (χ2v) is 12.2. The Morgan fingerprint density at radius 3 is 2.58 bits per heavy atom. The fraction of sp³-hybridized carbons (Fsp3) is 0.433. The molecular formula is C30H33FN2O4S. The smallest absolute Gasteiger partial charge is 0.341 e. The second kappa shape index (κ2) is 10.1. The molecule has 0 fully saturated rings. The van der Waals surface area contributed by atoms with Gasteiger partial charge < -0.3 is 15.4 Å². The third kappa shape index (κ3) is 4.82. The van der Waals surface area contributed by atoms with Crippen molar-refractivity contribution in [1.82, 2.24) is 5.32 Å². The first-order valence-corrected chi connectivity index (χ1v) is 14.0. The average Bonchev–Trinajstić information content (AvgIpc) is 3.20. The minimum atomic E-state index is -0.643. The molecule has 1 amide bonds. The number of aryl methyl sites for hydroxylation is 1. The van der Waals surface area contributed by atoms with E-state index in [2.05, 4.69) is 24.5 Å². The lowest BCUT2D eigenvalue weighted by Gasteiger charge is -2.39. The van der Waals surface area contributed by atoms with Gasteiger partial charge in [0.2, 0.25) is 0 Å². The number of amides is 1. The van der Waals surface area contributed by atoms with Gasteiger partial charge in [0.05, 0.1) is 12.2 Å². The molecule has 0 radical (unpaired) electrons. The van der Waals surface area contributed by atoms with E-state index in [1.54, 1.807) is 19.1 Å². The summed E-state index contributed by atoms with van der Waals surface area (Å²) >= 11 is 1.43. The fourth-order valence-electron chi connectivity index (χ4n) is 5.97. The Balaban J connectivity index is 1.57. The summed E-state index contributed by atoms with van der Waals surface area (Å²) in [6, 6.07) is 5.98. The van der Waals surface area contributed by atoms with Crippen molar-refractivity contribution in [2.24, 2.45) is 5.41 Å². The number of allylic oxidation sites excluding steroid dienone is 3. The summed E-state index contributed by atoms with van der Waals surface area (Å²) in [6.45, 7) is 7.94. The molecule has 200 valence electrons. The van der Waals surface area contributed by atoms with E-state index in [0.29, 0.717) is 45.8 Å². The zero-order valence-electron chi connectivity index (χ0n) is 22.3. The van der Waals surface area contributed by atoms with Gasteiger partial charge in [-0.05, 0) is 74.6 Å². The molecule has 1 aromatic heterocycles. The highest BCUT2D eigenvalue weighted by Gasteiger charge is 2.43. The Labute approximate surface area is 226 Å². The summed E-state index contributed by atoms with van der Waals surface area (Å²) < 4.78 is 19.2. The average molecular weight is 537 g/mol. The van der Waals surface area contributed by atoms with Gasteiger partial charge in [0.15, 0.2) is 5.78 Å². The quantitative estimate of drug-likeness (QED) is 0.446. The normalized spacial score (nSPS) is 20.4. The highest BCUT2D eigenvalue weighted by Crippen LogP contribution is 2.47. The van der Waals surface area contributed by atoms with Crippen LogP contribution in [0.1, 0.15) is 85.7 Å². The zero-order valence-corrected chi connectivity index (χ0v) is 23.1. The number of fused-ring (bicyclic) bond motifs is 1. The van der Waals surface area contributed by atoms with E-state index in [1.165, 1.54) is 23.5 Å². The first-order valence-electron chi connectivity index (χ1n) is 13.2. The number of anilines is 1. The number of carbonyl (C=O) groups is 3. The Bertz CT molecular complexity index is 1380. The predicted octanol–water partition coefficient (Wildman–Crippen LogP) is 6.19. The Kier molecular flexibility index (Phi) is 7.03. The van der Waals surface area contributed by atoms with Crippen LogP contribution in [0.5, 0.6) is 0 Å². The van der Waals surface area contributed by atoms with E-state index in [1.807, 2.05) is 6.92 Å². The highest BCUT2D eigenvalue weighted by atomic mass is 32.1. The molecule has 1 aliphatic heterocycles. The number of hydrogen-bond donors (Lipinski definition) is 2. The Hall–Kier alpha value is -3.26. The molecule has 2 aliphatic carbocycles. The molecule has 38 heavy (non-hydrogen) atoms. The lowest BCUT2D eigenvalue weighted by Crippen LogP contribution is -2.39. The van der Waals surface area contributed by atoms with Crippen molar-refractivity contribution in [3.05, 3.63) is 74.2 Å². The van der Waals surface area contributed by atoms with Crippen LogP contribution in [0.4, 0.5) is 9.39 Å². The van der Waals surface area contributed by atoms with Gasteiger partial charge in [-0.2, -0.15) is 0 Å². The molecule has 2 heterocycles. The van der Waals surface area contributed by atoms with Gasteiger partial charge in [-0.3, -0.25) is 9.59 Å². The third-order valence-electron chi connectivity index (χ3n) is 7.57. The number of esters is 1. The van der Waals surface area contributed by atoms with Crippen molar-refractivity contribution < 1.29 is 23.5 Å². The van der Waals surface area contributed by atoms with E-state index >= 15 is 0 Å². The molecule has 3 aliphatic rings. The molecule has 1 aromatic carbocycles. The molecule has 6 nitrogen and oxygen atoms in total. The maximum atomic E-state index is 14.0. The number of halogens is 1. The molecule has 5 rings (SSSR count). The number of ketones is 1. The maximum Gasteiger partial charge on any atom is 0.341 e. The SMILES string of the molecule is CCOC(=O)c1c(NC(=O)C2=C(C)NC3=C(C(=O)CC(C)(C)C3)C2c2ccc(F)cc2)sc2c1CCCC2. The van der Waals surface area contributed by atoms with Crippen LogP contribution in [0.25, 0.3) is 0 Å². The molecule has 0 saturated carbocycles. The molecule has 1 atom stereocenters. The summed E-state index contributed by atoms with van der Waals surface area (Å²) in [5.74, 6) is -1.87. The van der Waals surface area contributed by atoms with E-state index in [4.69, 9.17) is 4.74 Å². The number of dihydropyridines is 1. The molecule has 2 aromatic rings. The van der Waals surface area contributed by atoms with Gasteiger partial charge in [-0.25, -0.2) is 9.18 Å². The molecular weight excluding hydrogens is 503 g/mol. The van der Waals surface area contributed by atoms with E-state index < -0.39 is 17.8 Å². The number of thiophene rings is 1. The summed E-state index contributed by atoms with van der Waals surface area (Å²) in [5.41, 5.74) is 4.28. The number of nitrogens with one attached hydrogen (secondary N) is 2. The first-order chi connectivity index (χ1) is 18.1. The number of Topliss-reactive ketones (excluding diaryl/α,β-unsaturated/α-hetero) is 1. The summed E-state index contributed by atoms with van der Waals surface area (Å²) in [4.78, 5) is 41.6. The van der Waals surface area contributed by atoms with Crippen LogP contribution in [0, 0.1) is 11.2 Å². The topological polar surface area (TPSA) is 84.5 Å². The lowest BCUT2D eigenvalue weighted by molar-refractivity contribution is -0.118. The van der Waals surface area contributed by atoms with Gasteiger partial charge in [-0.15, -0.1) is 11.3 Å². The van der Waals surface area contributed by atoms with Crippen molar-refractivity contribution in [2.45, 2.75) is 72.1 Å². The van der Waals surface area contributed by atoms with Crippen LogP contribution in [-0.2, 0) is 27.2 Å². The van der Waals surface area contributed by atoms with Crippen LogP contribution in [0.15, 0.2) is 46.8 Å². The van der Waals surface area contributed by atoms with Crippen LogP contribution in [0.3, 0.4) is 0 Å². The minimum absolute atomic E-state index is 0.0188. The van der Waals surface area contributed by atoms with Crippen molar-refractivity contribution >= 4 is 34.0 Å². The molecule has 1 unspecified atom stereocenters. The fourth-order valence-corrected chi connectivity index (χ4v) is 7.24. The van der Waals surface area contributed by atoms with Crippen molar-refractivity contribution in [1.29, 1.82) is 0 Å². The minimum Gasteiger partial charge on any atom is -0.462 e. The number of benzene rings is 1. The van der Waals surface area contributed by atoms with Crippen LogP contribution in [0.2, 0.25) is 0 Å². The molecule has 2 N–H and O–H groups in total. The molecule has 0 saturated heterocycles. The second-order valence-electron chi connectivity index (χ2n) is 11.1. The van der Waals surface area contributed by atoms with Crippen molar-refractivity contribution in [3.8, 4) is 0 Å². The monoisotopic (exact) mass is 536 g/mol. The number of ether oxygens (including phenoxy) is 1. The maximum absolute atomic E-state index is 14.0. The van der Waals surface area contributed by atoms with Crippen molar-refractivity contribution in [3.63, 3.8) is 0 Å². The Morgan fingerprint density at radius 1 is 1.16 bits per heavy atom. The van der Waals surface area contributed by atoms with Gasteiger partial charge in [0.1, 0.15) is 10.8 Å². The van der Waals surface area contributed by atoms with E-state index in [9.17, 15) is 18.8 Å². The first kappa shape index (κ1) is 26.4. The lowest BCUT2D eigenvalue weighted by atomic mass is 9.68. The largest absolute Gasteiger partial charge is 0.462 e. The Morgan fingerprint density at radius 2 is 1.87 bits per heavy atom. The van der Waals surface area contributed by atoms with Gasteiger partial charge in [0.25, 0.3) is 5.91 Å². The van der Waals surface area contributed by atoms with Gasteiger partial charge in [-0.1, -0.05) is 26.0 Å². The van der Waals surface area contributed by atoms with Crippen LogP contribution < -0.4 is 10.6 Å². The van der Waals surface area contributed by atoms with Crippen LogP contribution >= 0.6 is 11.3 Å². The van der Waals surface area contributed by atoms with Gasteiger partial charge >= 0.3 is 5.97 Å². The number of hydrogen-bond acceptors (Lipinski definition) is 6. The van der Waals surface area contributed by atoms with Gasteiger partial charge in [0, 0.05) is 39.8 Å². The standard InChI is InChI=1S/C30H33FN2O4S/c1-5-37-29(36)25-19-8-6-7-9-22(19)38-28(25)33-27(35)23-16(2)32-20-14-30(3,4)15-21(34)26(20)24(23)17-10-12-18(31)13-11-17/h10-13,24,32H,5-9,14-15H2,1-4H3,(H,33,35). The molecule has 0 bridgehead atoms. The van der Waals surface area contributed by atoms with Crippen LogP contribution in [-0.4, -0.2) is 24.3 Å². The number of rotatable bonds is 5. The molecule has 0 spiro atoms. The number of carbonyl (C=O) groups excluding carboxylic acids is 3. The van der Waals surface area contributed by atoms with Crippen molar-refractivity contribution in [2.75, 3.05) is 11.9 Å². The summed E-state index contributed by atoms with van der Waals surface area (Å²) in [5, 5.41) is 6.85. The highest BCUT2D eigenvalue weighted by molar-refractivity contribution is 7.17. The summed E-state index contributed by atoms with van der Waals surface area (Å²) in [7, 11) is 0. The third-order valence-corrected chi connectivity index (χ3v) is 8.77. The zero-order chi connectivity index (χ0) is 27.2. The van der Waals surface area contributed by atoms with E-state index in [-0.39, 0.29) is 23.6 Å². The predicted molar refractivity (Wildman–Crippen MR) is 146 cm³/mol. The summed E-state index contributed by atoms with van der Waals surface area (Å²) in [6.07, 6.45) is 4.70. The molecule has 8 heteroatoms. The van der Waals surface area contributed by atoms with E-state index in [0.717, 1.165) is 41.8 Å².